The van der Waals surface area contributed by atoms with E-state index in [2.05, 4.69) is 15.3 Å². The highest BCUT2D eigenvalue weighted by Crippen LogP contribution is 2.29. The van der Waals surface area contributed by atoms with Crippen LogP contribution in [0.5, 0.6) is 0 Å². The van der Waals surface area contributed by atoms with Crippen molar-refractivity contribution < 1.29 is 24.6 Å². The summed E-state index contributed by atoms with van der Waals surface area (Å²) in [7, 11) is 0. The van der Waals surface area contributed by atoms with Crippen molar-refractivity contribution in [3.63, 3.8) is 0 Å². The second kappa shape index (κ2) is 9.39. The molecule has 0 spiro atoms. The SMILES string of the molecule is Nc1nc(N)c2c(CCc3ccc(C(=O)N[C@@H](CCC(=O)O)C(=O)O)cc3)csc2n1. The molecule has 7 N–H and O–H groups in total. The number of nitrogen functional groups attached to an aromatic ring is 2. The molecule has 0 aliphatic rings. The minimum atomic E-state index is -1.28. The third-order valence-electron chi connectivity index (χ3n) is 4.70. The number of carboxylic acids is 2. The molecule has 0 aliphatic heterocycles. The van der Waals surface area contributed by atoms with Crippen LogP contribution >= 0.6 is 11.3 Å². The fourth-order valence-corrected chi connectivity index (χ4v) is 4.09. The molecular formula is C20H21N5O5S. The standard InChI is InChI=1S/C20H21N5O5S/c21-16-15-12(9-31-18(15)25-20(22)24-16)6-3-10-1-4-11(5-2-10)17(28)23-13(19(29)30)7-8-14(26)27/h1-2,4-5,9,13H,3,6-8H2,(H,23,28)(H,26,27)(H,29,30)(H4,21,22,24,25)/t13-/m0/s1. The van der Waals surface area contributed by atoms with Crippen LogP contribution < -0.4 is 16.8 Å². The Labute approximate surface area is 180 Å². The Morgan fingerprint density at radius 1 is 1.06 bits per heavy atom. The average molecular weight is 443 g/mol. The summed E-state index contributed by atoms with van der Waals surface area (Å²) < 4.78 is 0. The van der Waals surface area contributed by atoms with Gasteiger partial charge in [-0.3, -0.25) is 9.59 Å². The quantitative estimate of drug-likeness (QED) is 0.328. The van der Waals surface area contributed by atoms with Crippen LogP contribution in [0.2, 0.25) is 0 Å². The van der Waals surface area contributed by atoms with Gasteiger partial charge in [0, 0.05) is 12.0 Å². The van der Waals surface area contributed by atoms with E-state index in [0.717, 1.165) is 21.3 Å². The summed E-state index contributed by atoms with van der Waals surface area (Å²) in [6.45, 7) is 0. The Bertz CT molecular complexity index is 1130. The van der Waals surface area contributed by atoms with Gasteiger partial charge in [0.2, 0.25) is 5.95 Å². The van der Waals surface area contributed by atoms with Crippen LogP contribution in [0.1, 0.15) is 34.3 Å². The zero-order chi connectivity index (χ0) is 22.5. The first-order valence-electron chi connectivity index (χ1n) is 9.38. The predicted octanol–water partition coefficient (Wildman–Crippen LogP) is 1.69. The number of benzene rings is 1. The number of carbonyl (C=O) groups excluding carboxylic acids is 1. The summed E-state index contributed by atoms with van der Waals surface area (Å²) in [4.78, 5) is 43.1. The van der Waals surface area contributed by atoms with E-state index < -0.39 is 23.9 Å². The first-order valence-corrected chi connectivity index (χ1v) is 10.3. The molecule has 0 radical (unpaired) electrons. The molecule has 1 atom stereocenters. The van der Waals surface area contributed by atoms with Crippen molar-refractivity contribution in [3.8, 4) is 0 Å². The summed E-state index contributed by atoms with van der Waals surface area (Å²) in [5, 5.41) is 23.0. The number of aromatic nitrogens is 2. The molecule has 0 aliphatic carbocycles. The minimum absolute atomic E-state index is 0.139. The number of anilines is 2. The molecular weight excluding hydrogens is 422 g/mol. The lowest BCUT2D eigenvalue weighted by molar-refractivity contribution is -0.140. The van der Waals surface area contributed by atoms with E-state index >= 15 is 0 Å². The molecule has 10 nitrogen and oxygen atoms in total. The van der Waals surface area contributed by atoms with E-state index in [0.29, 0.717) is 24.2 Å². The van der Waals surface area contributed by atoms with Crippen molar-refractivity contribution in [2.24, 2.45) is 0 Å². The first-order chi connectivity index (χ1) is 14.7. The number of amides is 1. The Hall–Kier alpha value is -3.73. The molecule has 3 rings (SSSR count). The van der Waals surface area contributed by atoms with Crippen molar-refractivity contribution >= 4 is 51.2 Å². The molecule has 31 heavy (non-hydrogen) atoms. The second-order valence-electron chi connectivity index (χ2n) is 6.90. The highest BCUT2D eigenvalue weighted by molar-refractivity contribution is 7.17. The molecule has 0 unspecified atom stereocenters. The number of carboxylic acid groups (broad SMARTS) is 2. The van der Waals surface area contributed by atoms with Gasteiger partial charge < -0.3 is 27.0 Å². The fourth-order valence-electron chi connectivity index (χ4n) is 3.10. The summed E-state index contributed by atoms with van der Waals surface area (Å²) in [6, 6.07) is 5.51. The summed E-state index contributed by atoms with van der Waals surface area (Å²) in [6.07, 6.45) is 0.838. The Morgan fingerprint density at radius 2 is 1.77 bits per heavy atom. The van der Waals surface area contributed by atoms with Crippen LogP contribution in [0.25, 0.3) is 10.2 Å². The number of carbonyl (C=O) groups is 3. The van der Waals surface area contributed by atoms with Crippen molar-refractivity contribution in [2.45, 2.75) is 31.7 Å². The zero-order valence-corrected chi connectivity index (χ0v) is 17.2. The number of hydrogen-bond acceptors (Lipinski definition) is 8. The highest BCUT2D eigenvalue weighted by Gasteiger charge is 2.21. The molecule has 162 valence electrons. The van der Waals surface area contributed by atoms with Gasteiger partial charge in [-0.15, -0.1) is 11.3 Å². The number of nitrogens with one attached hydrogen (secondary N) is 1. The van der Waals surface area contributed by atoms with E-state index in [1.807, 2.05) is 5.38 Å². The molecule has 0 saturated carbocycles. The molecule has 0 fully saturated rings. The second-order valence-corrected chi connectivity index (χ2v) is 7.76. The highest BCUT2D eigenvalue weighted by atomic mass is 32.1. The molecule has 3 aromatic rings. The van der Waals surface area contributed by atoms with E-state index in [-0.39, 0.29) is 18.8 Å². The predicted molar refractivity (Wildman–Crippen MR) is 116 cm³/mol. The number of nitrogens with two attached hydrogens (primary N) is 2. The van der Waals surface area contributed by atoms with Gasteiger partial charge in [-0.1, -0.05) is 12.1 Å². The monoisotopic (exact) mass is 443 g/mol. The molecule has 1 aromatic carbocycles. The number of fused-ring (bicyclic) bond motifs is 1. The number of aliphatic carboxylic acids is 2. The van der Waals surface area contributed by atoms with E-state index in [4.69, 9.17) is 21.7 Å². The first kappa shape index (κ1) is 22.0. The smallest absolute Gasteiger partial charge is 0.326 e. The summed E-state index contributed by atoms with van der Waals surface area (Å²) >= 11 is 1.45. The van der Waals surface area contributed by atoms with E-state index in [9.17, 15) is 14.4 Å². The van der Waals surface area contributed by atoms with E-state index in [1.165, 1.54) is 11.3 Å². The van der Waals surface area contributed by atoms with Crippen LogP contribution in [0.15, 0.2) is 29.6 Å². The number of nitrogens with zero attached hydrogens (tertiary/aromatic N) is 2. The Balaban J connectivity index is 1.63. The summed E-state index contributed by atoms with van der Waals surface area (Å²) in [5.41, 5.74) is 13.9. The van der Waals surface area contributed by atoms with Gasteiger partial charge in [0.15, 0.2) is 0 Å². The van der Waals surface area contributed by atoms with Gasteiger partial charge in [-0.25, -0.2) is 9.78 Å². The lowest BCUT2D eigenvalue weighted by Gasteiger charge is -2.13. The zero-order valence-electron chi connectivity index (χ0n) is 16.4. The van der Waals surface area contributed by atoms with Crippen LogP contribution in [0.4, 0.5) is 11.8 Å². The number of thiophene rings is 1. The lowest BCUT2D eigenvalue weighted by Crippen LogP contribution is -2.41. The maximum Gasteiger partial charge on any atom is 0.326 e. The number of rotatable bonds is 9. The van der Waals surface area contributed by atoms with Crippen LogP contribution in [-0.2, 0) is 22.4 Å². The Kier molecular flexibility index (Phi) is 6.65. The largest absolute Gasteiger partial charge is 0.481 e. The molecule has 11 heteroatoms. The van der Waals surface area contributed by atoms with Gasteiger partial charge in [-0.05, 0) is 47.9 Å². The lowest BCUT2D eigenvalue weighted by atomic mass is 10.0. The molecule has 0 saturated heterocycles. The molecule has 2 heterocycles. The van der Waals surface area contributed by atoms with Gasteiger partial charge in [0.25, 0.3) is 5.91 Å². The van der Waals surface area contributed by atoms with Gasteiger partial charge in [-0.2, -0.15) is 4.98 Å². The molecule has 0 bridgehead atoms. The average Bonchev–Trinajstić information content (AvgIpc) is 3.12. The molecule has 2 aromatic heterocycles. The van der Waals surface area contributed by atoms with Crippen LogP contribution in [0.3, 0.4) is 0 Å². The maximum absolute atomic E-state index is 12.3. The minimum Gasteiger partial charge on any atom is -0.481 e. The van der Waals surface area contributed by atoms with Crippen LogP contribution in [0, 0.1) is 0 Å². The number of hydrogen-bond donors (Lipinski definition) is 5. The van der Waals surface area contributed by atoms with Gasteiger partial charge in [0.1, 0.15) is 16.7 Å². The summed E-state index contributed by atoms with van der Waals surface area (Å²) in [5.74, 6) is -2.49. The molecule has 1 amide bonds. The van der Waals surface area contributed by atoms with Gasteiger partial charge in [0.05, 0.1) is 5.39 Å². The topological polar surface area (TPSA) is 182 Å². The van der Waals surface area contributed by atoms with Gasteiger partial charge >= 0.3 is 11.9 Å². The third kappa shape index (κ3) is 5.45. The fraction of sp³-hybridized carbons (Fsp3) is 0.250. The Morgan fingerprint density at radius 3 is 2.42 bits per heavy atom. The normalized spacial score (nSPS) is 11.9. The van der Waals surface area contributed by atoms with Crippen molar-refractivity contribution in [3.05, 3.63) is 46.3 Å². The van der Waals surface area contributed by atoms with Crippen molar-refractivity contribution in [1.82, 2.24) is 15.3 Å². The number of aryl methyl sites for hydroxylation is 2. The van der Waals surface area contributed by atoms with Crippen molar-refractivity contribution in [2.75, 3.05) is 11.5 Å². The third-order valence-corrected chi connectivity index (χ3v) is 5.63. The van der Waals surface area contributed by atoms with Crippen molar-refractivity contribution in [1.29, 1.82) is 0 Å². The maximum atomic E-state index is 12.3. The van der Waals surface area contributed by atoms with E-state index in [1.54, 1.807) is 24.3 Å². The van der Waals surface area contributed by atoms with Crippen LogP contribution in [-0.4, -0.2) is 44.1 Å².